The predicted molar refractivity (Wildman–Crippen MR) is 135 cm³/mol. The molecule has 180 valence electrons. The highest BCUT2D eigenvalue weighted by Crippen LogP contribution is 2.29. The topological polar surface area (TPSA) is 106 Å². The number of hydrogen-bond acceptors (Lipinski definition) is 6. The van der Waals surface area contributed by atoms with E-state index in [4.69, 9.17) is 0 Å². The molecular formula is C25H24FN5O3S. The van der Waals surface area contributed by atoms with Crippen LogP contribution in [0, 0.1) is 5.82 Å². The summed E-state index contributed by atoms with van der Waals surface area (Å²) >= 11 is 1.14. The van der Waals surface area contributed by atoms with Gasteiger partial charge in [-0.25, -0.2) is 14.1 Å². The molecule has 2 heterocycles. The summed E-state index contributed by atoms with van der Waals surface area (Å²) in [5.41, 5.74) is 0.820. The first-order valence-electron chi connectivity index (χ1n) is 11.2. The third kappa shape index (κ3) is 5.43. The van der Waals surface area contributed by atoms with Crippen LogP contribution in [0.25, 0.3) is 22.0 Å². The molecule has 2 N–H and O–H groups in total. The summed E-state index contributed by atoms with van der Waals surface area (Å²) in [5, 5.41) is 12.4. The van der Waals surface area contributed by atoms with Crippen molar-refractivity contribution in [1.29, 1.82) is 0 Å². The Morgan fingerprint density at radius 2 is 1.86 bits per heavy atom. The van der Waals surface area contributed by atoms with Crippen LogP contribution in [0.4, 0.5) is 15.2 Å². The van der Waals surface area contributed by atoms with E-state index in [1.165, 1.54) is 23.7 Å². The van der Waals surface area contributed by atoms with Crippen LogP contribution in [0.2, 0.25) is 0 Å². The number of fused-ring (bicyclic) bond motifs is 1. The number of aryl methyl sites for hydroxylation is 1. The first-order chi connectivity index (χ1) is 16.9. The summed E-state index contributed by atoms with van der Waals surface area (Å²) in [6, 6.07) is 11.2. The zero-order valence-corrected chi connectivity index (χ0v) is 20.1. The number of nitrogens with zero attached hydrogens (tertiary/aromatic N) is 3. The first-order valence-corrected chi connectivity index (χ1v) is 12.1. The molecular weight excluding hydrogens is 469 g/mol. The minimum absolute atomic E-state index is 0.124. The number of unbranched alkanes of at least 4 members (excludes halogenated alkanes) is 2. The summed E-state index contributed by atoms with van der Waals surface area (Å²) in [4.78, 5) is 41.5. The molecule has 0 aliphatic heterocycles. The molecule has 0 saturated carbocycles. The number of halogens is 1. The van der Waals surface area contributed by atoms with Crippen LogP contribution in [-0.2, 0) is 11.3 Å². The molecule has 0 radical (unpaired) electrons. The number of hydrogen-bond donors (Lipinski definition) is 2. The van der Waals surface area contributed by atoms with Gasteiger partial charge in [0.2, 0.25) is 5.91 Å². The van der Waals surface area contributed by atoms with Crippen molar-refractivity contribution >= 4 is 44.7 Å². The molecule has 0 fully saturated rings. The normalized spacial score (nSPS) is 10.9. The third-order valence-electron chi connectivity index (χ3n) is 5.35. The second-order valence-corrected chi connectivity index (χ2v) is 8.86. The van der Waals surface area contributed by atoms with Gasteiger partial charge in [-0.05, 0) is 30.7 Å². The molecule has 35 heavy (non-hydrogen) atoms. The maximum absolute atomic E-state index is 14.6. The van der Waals surface area contributed by atoms with Crippen LogP contribution in [0.15, 0.2) is 52.6 Å². The van der Waals surface area contributed by atoms with Gasteiger partial charge in [-0.2, -0.15) is 5.10 Å². The standard InChI is InChI=1S/C25H24FN5O3S/c1-3-4-7-12-31-24(34)18-9-6-5-8-17(18)22(30-31)23(33)29-25-28-21(14-35-25)19-11-10-16(13-20(19)26)27-15(2)32/h5-6,8-11,13-14H,3-4,7,12H2,1-2H3,(H,27,32)(H,28,29,33). The van der Waals surface area contributed by atoms with Crippen molar-refractivity contribution in [3.05, 3.63) is 69.7 Å². The molecule has 2 aromatic carbocycles. The van der Waals surface area contributed by atoms with E-state index < -0.39 is 11.7 Å². The molecule has 0 saturated heterocycles. The SMILES string of the molecule is CCCCCn1nc(C(=O)Nc2nc(-c3ccc(NC(C)=O)cc3F)cs2)c2ccccc2c1=O. The lowest BCUT2D eigenvalue weighted by molar-refractivity contribution is -0.114. The van der Waals surface area contributed by atoms with Crippen molar-refractivity contribution in [2.45, 2.75) is 39.7 Å². The van der Waals surface area contributed by atoms with Crippen LogP contribution in [-0.4, -0.2) is 26.6 Å². The minimum atomic E-state index is -0.550. The number of thiazole rings is 1. The van der Waals surface area contributed by atoms with Crippen molar-refractivity contribution in [2.24, 2.45) is 0 Å². The molecule has 4 rings (SSSR count). The Labute approximate surface area is 204 Å². The van der Waals surface area contributed by atoms with Crippen LogP contribution < -0.4 is 16.2 Å². The van der Waals surface area contributed by atoms with Gasteiger partial charge in [0, 0.05) is 35.5 Å². The van der Waals surface area contributed by atoms with E-state index in [2.05, 4.69) is 27.6 Å². The molecule has 0 bridgehead atoms. The van der Waals surface area contributed by atoms with Gasteiger partial charge in [0.1, 0.15) is 5.82 Å². The Bertz CT molecular complexity index is 1460. The van der Waals surface area contributed by atoms with Gasteiger partial charge in [-0.3, -0.25) is 19.7 Å². The summed E-state index contributed by atoms with van der Waals surface area (Å²) < 4.78 is 15.9. The fourth-order valence-corrected chi connectivity index (χ4v) is 4.39. The van der Waals surface area contributed by atoms with Crippen LogP contribution >= 0.6 is 11.3 Å². The van der Waals surface area contributed by atoms with Gasteiger partial charge < -0.3 is 5.32 Å². The van der Waals surface area contributed by atoms with Crippen molar-refractivity contribution in [1.82, 2.24) is 14.8 Å². The van der Waals surface area contributed by atoms with E-state index >= 15 is 0 Å². The Morgan fingerprint density at radius 1 is 1.09 bits per heavy atom. The highest BCUT2D eigenvalue weighted by Gasteiger charge is 2.19. The van der Waals surface area contributed by atoms with E-state index in [1.807, 2.05) is 0 Å². The summed E-state index contributed by atoms with van der Waals surface area (Å²) in [6.45, 7) is 3.84. The quantitative estimate of drug-likeness (QED) is 0.334. The van der Waals surface area contributed by atoms with Gasteiger partial charge in [-0.1, -0.05) is 38.0 Å². The molecule has 2 aromatic heterocycles. The molecule has 0 aliphatic carbocycles. The molecule has 8 nitrogen and oxygen atoms in total. The van der Waals surface area contributed by atoms with Gasteiger partial charge in [0.15, 0.2) is 10.8 Å². The second-order valence-electron chi connectivity index (χ2n) is 8.00. The van der Waals surface area contributed by atoms with Crippen LogP contribution in [0.3, 0.4) is 0 Å². The number of nitrogens with one attached hydrogen (secondary N) is 2. The van der Waals surface area contributed by atoms with Gasteiger partial charge in [0.05, 0.1) is 11.1 Å². The van der Waals surface area contributed by atoms with Crippen molar-refractivity contribution in [3.8, 4) is 11.3 Å². The number of anilines is 2. The van der Waals surface area contributed by atoms with E-state index in [-0.39, 0.29) is 27.9 Å². The largest absolute Gasteiger partial charge is 0.326 e. The smallest absolute Gasteiger partial charge is 0.278 e. The maximum atomic E-state index is 14.6. The molecule has 0 atom stereocenters. The fraction of sp³-hybridized carbons (Fsp3) is 0.240. The van der Waals surface area contributed by atoms with Crippen molar-refractivity contribution in [3.63, 3.8) is 0 Å². The Balaban J connectivity index is 1.60. The second kappa shape index (κ2) is 10.6. The predicted octanol–water partition coefficient (Wildman–Crippen LogP) is 5.06. The summed E-state index contributed by atoms with van der Waals surface area (Å²) in [7, 11) is 0. The number of aromatic nitrogens is 3. The average molecular weight is 494 g/mol. The number of carbonyl (C=O) groups excluding carboxylic acids is 2. The third-order valence-corrected chi connectivity index (χ3v) is 6.10. The Hall–Kier alpha value is -3.92. The first kappa shape index (κ1) is 24.2. The van der Waals surface area contributed by atoms with E-state index in [9.17, 15) is 18.8 Å². The zero-order valence-electron chi connectivity index (χ0n) is 19.3. The molecule has 10 heteroatoms. The lowest BCUT2D eigenvalue weighted by Crippen LogP contribution is -2.27. The molecule has 0 aliphatic rings. The van der Waals surface area contributed by atoms with Gasteiger partial charge in [0.25, 0.3) is 11.5 Å². The maximum Gasteiger partial charge on any atom is 0.278 e. The Morgan fingerprint density at radius 3 is 2.57 bits per heavy atom. The highest BCUT2D eigenvalue weighted by molar-refractivity contribution is 7.14. The molecule has 2 amide bonds. The zero-order chi connectivity index (χ0) is 24.9. The monoisotopic (exact) mass is 493 g/mol. The van der Waals surface area contributed by atoms with E-state index in [0.717, 1.165) is 30.6 Å². The fourth-order valence-electron chi connectivity index (χ4n) is 3.68. The lowest BCUT2D eigenvalue weighted by Gasteiger charge is -2.10. The number of carbonyl (C=O) groups is 2. The Kier molecular flexibility index (Phi) is 7.31. The van der Waals surface area contributed by atoms with Crippen molar-refractivity contribution in [2.75, 3.05) is 10.6 Å². The lowest BCUT2D eigenvalue weighted by atomic mass is 10.1. The van der Waals surface area contributed by atoms with E-state index in [0.29, 0.717) is 28.7 Å². The van der Waals surface area contributed by atoms with Gasteiger partial charge >= 0.3 is 0 Å². The van der Waals surface area contributed by atoms with Gasteiger partial charge in [-0.15, -0.1) is 11.3 Å². The van der Waals surface area contributed by atoms with E-state index in [1.54, 1.807) is 35.7 Å². The van der Waals surface area contributed by atoms with Crippen molar-refractivity contribution < 1.29 is 14.0 Å². The number of rotatable bonds is 8. The molecule has 4 aromatic rings. The number of benzene rings is 2. The minimum Gasteiger partial charge on any atom is -0.326 e. The summed E-state index contributed by atoms with van der Waals surface area (Å²) in [5.74, 6) is -1.35. The molecule has 0 spiro atoms. The van der Waals surface area contributed by atoms with Crippen LogP contribution in [0.5, 0.6) is 0 Å². The van der Waals surface area contributed by atoms with Crippen LogP contribution in [0.1, 0.15) is 43.6 Å². The average Bonchev–Trinajstić information content (AvgIpc) is 3.28. The molecule has 0 unspecified atom stereocenters. The summed E-state index contributed by atoms with van der Waals surface area (Å²) in [6.07, 6.45) is 2.73. The number of amides is 2. The highest BCUT2D eigenvalue weighted by atomic mass is 32.1.